The number of phenols is 2. The molecule has 0 unspecified atom stereocenters. The van der Waals surface area contributed by atoms with Gasteiger partial charge in [-0.25, -0.2) is 0 Å². The van der Waals surface area contributed by atoms with Crippen LogP contribution in [-0.4, -0.2) is 10.2 Å². The first-order chi connectivity index (χ1) is 19.2. The van der Waals surface area contributed by atoms with Crippen LogP contribution in [0.15, 0.2) is 84.9 Å². The normalized spacial score (nSPS) is 16.8. The van der Waals surface area contributed by atoms with E-state index in [2.05, 4.69) is 72.8 Å². The molecule has 0 heterocycles. The molecular weight excluding hydrogens is 476 g/mol. The predicted molar refractivity (Wildman–Crippen MR) is 162 cm³/mol. The molecule has 0 spiro atoms. The van der Waals surface area contributed by atoms with Crippen LogP contribution in [0.25, 0.3) is 22.3 Å². The summed E-state index contributed by atoms with van der Waals surface area (Å²) in [7, 11) is 0. The van der Waals surface area contributed by atoms with Gasteiger partial charge in [-0.1, -0.05) is 99.2 Å². The lowest BCUT2D eigenvalue weighted by molar-refractivity contribution is 0.409. The minimum absolute atomic E-state index is 0.392. The average Bonchev–Trinajstić information content (AvgIpc) is 3.01. The van der Waals surface area contributed by atoms with E-state index < -0.39 is 0 Å². The van der Waals surface area contributed by atoms with Gasteiger partial charge in [-0.05, 0) is 106 Å². The molecule has 4 aromatic rings. The van der Waals surface area contributed by atoms with Crippen LogP contribution in [0.5, 0.6) is 11.5 Å². The largest absolute Gasteiger partial charge is 0.507 e. The molecule has 0 amide bonds. The minimum atomic E-state index is 0.392. The molecule has 6 rings (SSSR count). The van der Waals surface area contributed by atoms with Crippen molar-refractivity contribution in [3.8, 4) is 33.8 Å². The molecule has 0 bridgehead atoms. The van der Waals surface area contributed by atoms with Crippen LogP contribution in [0.3, 0.4) is 0 Å². The fraction of sp³-hybridized carbons (Fsp3) is 0.351. The van der Waals surface area contributed by atoms with Gasteiger partial charge < -0.3 is 10.2 Å². The van der Waals surface area contributed by atoms with Crippen LogP contribution in [0.1, 0.15) is 98.3 Å². The van der Waals surface area contributed by atoms with Crippen molar-refractivity contribution in [2.24, 2.45) is 0 Å². The van der Waals surface area contributed by atoms with Crippen molar-refractivity contribution in [1.29, 1.82) is 0 Å². The van der Waals surface area contributed by atoms with E-state index in [0.717, 1.165) is 59.1 Å². The Balaban J connectivity index is 1.46. The SMILES string of the molecule is Oc1c(Cc2cc(-c3ccccc3)cc(C3CCCCC3)c2O)cc(-c2ccccc2)cc1C1CCCCC1. The Morgan fingerprint density at radius 3 is 1.23 bits per heavy atom. The first-order valence-corrected chi connectivity index (χ1v) is 15.0. The Hall–Kier alpha value is -3.52. The van der Waals surface area contributed by atoms with Crippen molar-refractivity contribution in [2.75, 3.05) is 0 Å². The van der Waals surface area contributed by atoms with Crippen LogP contribution in [0.4, 0.5) is 0 Å². The first kappa shape index (κ1) is 25.7. The lowest BCUT2D eigenvalue weighted by atomic mass is 9.80. The minimum Gasteiger partial charge on any atom is -0.507 e. The van der Waals surface area contributed by atoms with Crippen molar-refractivity contribution >= 4 is 0 Å². The average molecular weight is 517 g/mol. The molecule has 0 aliphatic heterocycles. The third kappa shape index (κ3) is 5.62. The quantitative estimate of drug-likeness (QED) is 0.268. The molecular formula is C37H40O2. The molecule has 2 nitrogen and oxygen atoms in total. The van der Waals surface area contributed by atoms with Gasteiger partial charge in [-0.2, -0.15) is 0 Å². The summed E-state index contributed by atoms with van der Waals surface area (Å²) in [5.74, 6) is 1.63. The maximum atomic E-state index is 11.7. The van der Waals surface area contributed by atoms with Crippen LogP contribution in [0, 0.1) is 0 Å². The van der Waals surface area contributed by atoms with Gasteiger partial charge >= 0.3 is 0 Å². The zero-order valence-corrected chi connectivity index (χ0v) is 22.9. The number of rotatable bonds is 6. The second kappa shape index (κ2) is 11.7. The summed E-state index contributed by atoms with van der Waals surface area (Å²) in [6.45, 7) is 0. The van der Waals surface area contributed by atoms with Gasteiger partial charge in [-0.15, -0.1) is 0 Å². The second-order valence-electron chi connectivity index (χ2n) is 11.7. The zero-order chi connectivity index (χ0) is 26.6. The molecule has 0 aromatic heterocycles. The summed E-state index contributed by atoms with van der Waals surface area (Å²) >= 11 is 0. The zero-order valence-electron chi connectivity index (χ0n) is 22.9. The molecule has 2 aliphatic carbocycles. The Morgan fingerprint density at radius 2 is 0.846 bits per heavy atom. The number of benzene rings is 4. The molecule has 0 atom stereocenters. The molecule has 0 saturated heterocycles. The second-order valence-corrected chi connectivity index (χ2v) is 11.7. The van der Waals surface area contributed by atoms with E-state index >= 15 is 0 Å². The van der Waals surface area contributed by atoms with E-state index in [1.807, 2.05) is 12.1 Å². The number of hydrogen-bond donors (Lipinski definition) is 2. The predicted octanol–water partition coefficient (Wildman–Crippen LogP) is 10.1. The van der Waals surface area contributed by atoms with E-state index in [9.17, 15) is 10.2 Å². The van der Waals surface area contributed by atoms with Crippen molar-refractivity contribution < 1.29 is 10.2 Å². The topological polar surface area (TPSA) is 40.5 Å². The summed E-state index contributed by atoms with van der Waals surface area (Å²) in [6, 6.07) is 29.7. The van der Waals surface area contributed by atoms with Crippen molar-refractivity contribution in [3.05, 3.63) is 107 Å². The van der Waals surface area contributed by atoms with E-state index in [4.69, 9.17) is 0 Å². The van der Waals surface area contributed by atoms with Crippen molar-refractivity contribution in [1.82, 2.24) is 0 Å². The Bertz CT molecular complexity index is 1290. The lowest BCUT2D eigenvalue weighted by Gasteiger charge is -2.26. The van der Waals surface area contributed by atoms with Gasteiger partial charge in [0.2, 0.25) is 0 Å². The molecule has 2 saturated carbocycles. The molecule has 0 radical (unpaired) electrons. The highest BCUT2D eigenvalue weighted by Crippen LogP contribution is 2.45. The van der Waals surface area contributed by atoms with E-state index in [1.54, 1.807) is 0 Å². The van der Waals surface area contributed by atoms with Crippen molar-refractivity contribution in [3.63, 3.8) is 0 Å². The lowest BCUT2D eigenvalue weighted by Crippen LogP contribution is -2.08. The van der Waals surface area contributed by atoms with Crippen LogP contribution < -0.4 is 0 Å². The molecule has 2 heteroatoms. The molecule has 2 fully saturated rings. The third-order valence-corrected chi connectivity index (χ3v) is 9.12. The smallest absolute Gasteiger partial charge is 0.122 e. The summed E-state index contributed by atoms with van der Waals surface area (Å²) in [5.41, 5.74) is 8.61. The van der Waals surface area contributed by atoms with Gasteiger partial charge in [0.05, 0.1) is 0 Å². The number of hydrogen-bond acceptors (Lipinski definition) is 2. The molecule has 2 N–H and O–H groups in total. The Kier molecular flexibility index (Phi) is 7.72. The van der Waals surface area contributed by atoms with Gasteiger partial charge in [0, 0.05) is 6.42 Å². The van der Waals surface area contributed by atoms with Gasteiger partial charge in [-0.3, -0.25) is 0 Å². The monoisotopic (exact) mass is 516 g/mol. The van der Waals surface area contributed by atoms with Gasteiger partial charge in [0.15, 0.2) is 0 Å². The highest BCUT2D eigenvalue weighted by molar-refractivity contribution is 5.70. The standard InChI is InChI=1S/C37H40O2/c38-36-32(21-30(26-13-5-1-6-14-26)24-34(36)28-17-9-3-10-18-28)23-33-22-31(27-15-7-2-8-16-27)25-35(37(33)39)29-19-11-4-12-20-29/h1-2,5-8,13-16,21-22,24-25,28-29,38-39H,3-4,9-12,17-20,23H2. The number of phenolic OH excluding ortho intramolecular Hbond substituents is 2. The summed E-state index contributed by atoms with van der Waals surface area (Å²) in [4.78, 5) is 0. The van der Waals surface area contributed by atoms with Gasteiger partial charge in [0.1, 0.15) is 11.5 Å². The molecule has 39 heavy (non-hydrogen) atoms. The van der Waals surface area contributed by atoms with Crippen LogP contribution >= 0.6 is 0 Å². The molecule has 4 aromatic carbocycles. The maximum absolute atomic E-state index is 11.7. The third-order valence-electron chi connectivity index (χ3n) is 9.12. The highest BCUT2D eigenvalue weighted by atomic mass is 16.3. The van der Waals surface area contributed by atoms with E-state index in [0.29, 0.717) is 29.8 Å². The van der Waals surface area contributed by atoms with E-state index in [-0.39, 0.29) is 0 Å². The fourth-order valence-corrected chi connectivity index (χ4v) is 6.96. The number of aromatic hydroxyl groups is 2. The molecule has 200 valence electrons. The van der Waals surface area contributed by atoms with Crippen LogP contribution in [-0.2, 0) is 6.42 Å². The summed E-state index contributed by atoms with van der Waals surface area (Å²) < 4.78 is 0. The summed E-state index contributed by atoms with van der Waals surface area (Å²) in [6.07, 6.45) is 12.5. The fourth-order valence-electron chi connectivity index (χ4n) is 6.96. The summed E-state index contributed by atoms with van der Waals surface area (Å²) in [5, 5.41) is 23.4. The first-order valence-electron chi connectivity index (χ1n) is 15.0. The highest BCUT2D eigenvalue weighted by Gasteiger charge is 2.25. The van der Waals surface area contributed by atoms with Gasteiger partial charge in [0.25, 0.3) is 0 Å². The van der Waals surface area contributed by atoms with Crippen LogP contribution in [0.2, 0.25) is 0 Å². The maximum Gasteiger partial charge on any atom is 0.122 e. The Labute approximate surface area is 233 Å². The van der Waals surface area contributed by atoms with E-state index in [1.165, 1.54) is 49.7 Å². The Morgan fingerprint density at radius 1 is 0.462 bits per heavy atom. The van der Waals surface area contributed by atoms with Crippen molar-refractivity contribution in [2.45, 2.75) is 82.5 Å². The molecule has 2 aliphatic rings.